The van der Waals surface area contributed by atoms with Gasteiger partial charge in [0.15, 0.2) is 0 Å². The molecule has 0 bridgehead atoms. The summed E-state index contributed by atoms with van der Waals surface area (Å²) in [6.45, 7) is 5.80. The van der Waals surface area contributed by atoms with Crippen LogP contribution in [0.15, 0.2) is 29.3 Å². The van der Waals surface area contributed by atoms with Gasteiger partial charge < -0.3 is 10.4 Å². The van der Waals surface area contributed by atoms with Crippen molar-refractivity contribution in [3.8, 4) is 0 Å². The van der Waals surface area contributed by atoms with Gasteiger partial charge in [0.1, 0.15) is 11.2 Å². The van der Waals surface area contributed by atoms with Crippen LogP contribution in [-0.4, -0.2) is 33.0 Å². The van der Waals surface area contributed by atoms with Crippen LogP contribution in [0.25, 0.3) is 5.65 Å². The third kappa shape index (κ3) is 3.33. The first-order valence-corrected chi connectivity index (χ1v) is 7.33. The summed E-state index contributed by atoms with van der Waals surface area (Å²) in [5.74, 6) is -0.297. The van der Waals surface area contributed by atoms with E-state index >= 15 is 0 Å². The minimum atomic E-state index is -0.459. The molecule has 1 amide bonds. The normalized spacial score (nSPS) is 12.6. The van der Waals surface area contributed by atoms with Gasteiger partial charge in [-0.3, -0.25) is 14.0 Å². The molecule has 0 aromatic carbocycles. The minimum Gasteiger partial charge on any atom is -0.396 e. The molecule has 22 heavy (non-hydrogen) atoms. The van der Waals surface area contributed by atoms with E-state index in [-0.39, 0.29) is 24.1 Å². The number of hydrogen-bond acceptors (Lipinski definition) is 4. The number of aryl methyl sites for hydroxylation is 1. The molecule has 2 N–H and O–H groups in total. The van der Waals surface area contributed by atoms with Crippen molar-refractivity contribution in [1.29, 1.82) is 0 Å². The molecular weight excluding hydrogens is 282 g/mol. The number of carbonyl (C=O) groups excluding carboxylic acids is 1. The average Bonchev–Trinajstić information content (AvgIpc) is 2.46. The lowest BCUT2D eigenvalue weighted by atomic mass is 10.0. The van der Waals surface area contributed by atoms with Crippen molar-refractivity contribution < 1.29 is 9.90 Å². The molecule has 118 valence electrons. The highest BCUT2D eigenvalue weighted by Crippen LogP contribution is 2.07. The van der Waals surface area contributed by atoms with Crippen molar-refractivity contribution in [3.63, 3.8) is 0 Å². The third-order valence-electron chi connectivity index (χ3n) is 3.67. The molecule has 0 spiro atoms. The summed E-state index contributed by atoms with van der Waals surface area (Å²) in [5, 5.41) is 11.9. The van der Waals surface area contributed by atoms with E-state index in [1.807, 2.05) is 20.8 Å². The molecule has 0 aliphatic heterocycles. The highest BCUT2D eigenvalue weighted by Gasteiger charge is 2.19. The molecule has 6 heteroatoms. The zero-order valence-corrected chi connectivity index (χ0v) is 13.0. The Bertz CT molecular complexity index is 737. The summed E-state index contributed by atoms with van der Waals surface area (Å²) in [5.41, 5.74) is 1.11. The van der Waals surface area contributed by atoms with Gasteiger partial charge in [-0.15, -0.1) is 0 Å². The topological polar surface area (TPSA) is 83.7 Å². The van der Waals surface area contributed by atoms with Gasteiger partial charge in [0.05, 0.1) is 0 Å². The van der Waals surface area contributed by atoms with Gasteiger partial charge in [-0.1, -0.05) is 13.8 Å². The fraction of sp³-hybridized carbons (Fsp3) is 0.438. The fourth-order valence-electron chi connectivity index (χ4n) is 2.29. The number of aliphatic hydroxyl groups is 1. The second-order valence-corrected chi connectivity index (χ2v) is 5.75. The molecule has 0 saturated carbocycles. The second-order valence-electron chi connectivity index (χ2n) is 5.75. The van der Waals surface area contributed by atoms with E-state index in [0.717, 1.165) is 5.56 Å². The van der Waals surface area contributed by atoms with Crippen LogP contribution in [0.3, 0.4) is 0 Å². The van der Waals surface area contributed by atoms with E-state index < -0.39 is 11.5 Å². The number of rotatable bonds is 5. The van der Waals surface area contributed by atoms with Gasteiger partial charge in [0.25, 0.3) is 11.5 Å². The van der Waals surface area contributed by atoms with Crippen LogP contribution < -0.4 is 10.9 Å². The first kappa shape index (κ1) is 16.2. The Morgan fingerprint density at radius 3 is 2.82 bits per heavy atom. The maximum absolute atomic E-state index is 12.4. The molecule has 2 aromatic heterocycles. The largest absolute Gasteiger partial charge is 0.396 e. The van der Waals surface area contributed by atoms with Crippen LogP contribution >= 0.6 is 0 Å². The lowest BCUT2D eigenvalue weighted by Gasteiger charge is -2.21. The summed E-state index contributed by atoms with van der Waals surface area (Å²) in [6.07, 6.45) is 3.37. The van der Waals surface area contributed by atoms with Crippen molar-refractivity contribution in [1.82, 2.24) is 14.7 Å². The molecule has 0 saturated heterocycles. The lowest BCUT2D eigenvalue weighted by molar-refractivity contribution is 0.0914. The van der Waals surface area contributed by atoms with Crippen molar-refractivity contribution in [3.05, 3.63) is 46.0 Å². The molecule has 2 rings (SSSR count). The van der Waals surface area contributed by atoms with Crippen molar-refractivity contribution in [2.24, 2.45) is 5.92 Å². The first-order valence-electron chi connectivity index (χ1n) is 7.33. The number of nitrogens with one attached hydrogen (secondary N) is 1. The summed E-state index contributed by atoms with van der Waals surface area (Å²) in [4.78, 5) is 28.9. The van der Waals surface area contributed by atoms with Gasteiger partial charge in [-0.25, -0.2) is 4.98 Å². The number of carbonyl (C=O) groups is 1. The van der Waals surface area contributed by atoms with Gasteiger partial charge in [-0.2, -0.15) is 0 Å². The van der Waals surface area contributed by atoms with Crippen LogP contribution in [0, 0.1) is 12.8 Å². The molecular formula is C16H21N3O3. The van der Waals surface area contributed by atoms with Gasteiger partial charge in [0, 0.05) is 25.0 Å². The van der Waals surface area contributed by atoms with E-state index in [1.165, 1.54) is 10.6 Å². The molecule has 2 aromatic rings. The summed E-state index contributed by atoms with van der Waals surface area (Å²) >= 11 is 0. The Labute approximate surface area is 128 Å². The Kier molecular flexibility index (Phi) is 4.92. The van der Waals surface area contributed by atoms with E-state index in [0.29, 0.717) is 12.1 Å². The zero-order valence-electron chi connectivity index (χ0n) is 13.0. The third-order valence-corrected chi connectivity index (χ3v) is 3.67. The summed E-state index contributed by atoms with van der Waals surface area (Å²) in [6, 6.07) is 3.39. The van der Waals surface area contributed by atoms with E-state index in [4.69, 9.17) is 5.11 Å². The highest BCUT2D eigenvalue weighted by atomic mass is 16.3. The van der Waals surface area contributed by atoms with Crippen molar-refractivity contribution in [2.45, 2.75) is 33.2 Å². The molecule has 1 unspecified atom stereocenters. The average molecular weight is 303 g/mol. The number of amides is 1. The first-order chi connectivity index (χ1) is 10.4. The SMILES string of the molecule is Cc1ccn2c(=O)c(C(=O)NC(CCO)C(C)C)cnc2c1. The summed E-state index contributed by atoms with van der Waals surface area (Å²) in [7, 11) is 0. The minimum absolute atomic E-state index is 0.00458. The molecule has 2 heterocycles. The number of hydrogen-bond donors (Lipinski definition) is 2. The number of aliphatic hydroxyl groups excluding tert-OH is 1. The van der Waals surface area contributed by atoms with Crippen LogP contribution in [-0.2, 0) is 0 Å². The van der Waals surface area contributed by atoms with Gasteiger partial charge in [0.2, 0.25) is 0 Å². The van der Waals surface area contributed by atoms with E-state index in [1.54, 1.807) is 18.3 Å². The quantitative estimate of drug-likeness (QED) is 0.867. The van der Waals surface area contributed by atoms with Crippen LogP contribution in [0.1, 0.15) is 36.2 Å². The van der Waals surface area contributed by atoms with E-state index in [9.17, 15) is 9.59 Å². The molecule has 0 aliphatic rings. The molecule has 1 atom stereocenters. The maximum atomic E-state index is 12.4. The maximum Gasteiger partial charge on any atom is 0.270 e. The second kappa shape index (κ2) is 6.70. The number of aromatic nitrogens is 2. The van der Waals surface area contributed by atoms with E-state index in [2.05, 4.69) is 10.3 Å². The van der Waals surface area contributed by atoms with Crippen molar-refractivity contribution in [2.75, 3.05) is 6.61 Å². The van der Waals surface area contributed by atoms with Gasteiger partial charge >= 0.3 is 0 Å². The number of pyridine rings is 1. The van der Waals surface area contributed by atoms with Crippen LogP contribution in [0.5, 0.6) is 0 Å². The monoisotopic (exact) mass is 303 g/mol. The van der Waals surface area contributed by atoms with Crippen LogP contribution in [0.2, 0.25) is 0 Å². The smallest absolute Gasteiger partial charge is 0.270 e. The molecule has 6 nitrogen and oxygen atoms in total. The molecule has 0 aliphatic carbocycles. The highest BCUT2D eigenvalue weighted by molar-refractivity contribution is 5.93. The summed E-state index contributed by atoms with van der Waals surface area (Å²) < 4.78 is 1.36. The Morgan fingerprint density at radius 2 is 2.18 bits per heavy atom. The zero-order chi connectivity index (χ0) is 16.3. The van der Waals surface area contributed by atoms with Crippen molar-refractivity contribution >= 4 is 11.6 Å². The van der Waals surface area contributed by atoms with Gasteiger partial charge in [-0.05, 0) is 37.0 Å². The number of nitrogens with zero attached hydrogens (tertiary/aromatic N) is 2. The Hall–Kier alpha value is -2.21. The molecule has 0 radical (unpaired) electrons. The standard InChI is InChI=1S/C16H21N3O3/c1-10(2)13(5-7-20)18-15(21)12-9-17-14-8-11(3)4-6-19(14)16(12)22/h4,6,8-10,13,20H,5,7H2,1-3H3,(H,18,21). The fourth-order valence-corrected chi connectivity index (χ4v) is 2.29. The molecule has 0 fully saturated rings. The lowest BCUT2D eigenvalue weighted by Crippen LogP contribution is -2.41. The number of fused-ring (bicyclic) bond motifs is 1. The predicted molar refractivity (Wildman–Crippen MR) is 84.0 cm³/mol. The Balaban J connectivity index is 2.34. The van der Waals surface area contributed by atoms with Crippen LogP contribution in [0.4, 0.5) is 0 Å². The Morgan fingerprint density at radius 1 is 1.45 bits per heavy atom. The predicted octanol–water partition coefficient (Wildman–Crippen LogP) is 1.14.